The van der Waals surface area contributed by atoms with Gasteiger partial charge in [0.25, 0.3) is 0 Å². The van der Waals surface area contributed by atoms with Crippen LogP contribution in [0.5, 0.6) is 5.88 Å². The smallest absolute Gasteiger partial charge is 0.213 e. The first-order chi connectivity index (χ1) is 9.28. The normalized spacial score (nSPS) is 14.6. The van der Waals surface area contributed by atoms with Crippen LogP contribution in [0.1, 0.15) is 56.7 Å². The number of hydrogen-bond acceptors (Lipinski definition) is 3. The molecule has 1 N–H and O–H groups in total. The largest absolute Gasteiger partial charge is 0.478 e. The van der Waals surface area contributed by atoms with Gasteiger partial charge in [-0.3, -0.25) is 0 Å². The molecule has 3 heteroatoms. The molecule has 1 aliphatic rings. The summed E-state index contributed by atoms with van der Waals surface area (Å²) in [6.45, 7) is 5.97. The van der Waals surface area contributed by atoms with E-state index in [1.54, 1.807) is 0 Å². The molecule has 1 aromatic rings. The molecule has 0 aliphatic heterocycles. The van der Waals surface area contributed by atoms with E-state index in [2.05, 4.69) is 29.4 Å². The fraction of sp³-hybridized carbons (Fsp3) is 0.688. The summed E-state index contributed by atoms with van der Waals surface area (Å²) in [4.78, 5) is 4.44. The van der Waals surface area contributed by atoms with E-state index in [0.717, 1.165) is 37.2 Å². The van der Waals surface area contributed by atoms with Crippen molar-refractivity contribution in [2.45, 2.75) is 65.0 Å². The van der Waals surface area contributed by atoms with E-state index in [9.17, 15) is 0 Å². The molecule has 1 heterocycles. The zero-order chi connectivity index (χ0) is 13.5. The van der Waals surface area contributed by atoms with Gasteiger partial charge < -0.3 is 10.1 Å². The van der Waals surface area contributed by atoms with Gasteiger partial charge in [-0.1, -0.05) is 26.2 Å². The molecule has 0 aromatic carbocycles. The van der Waals surface area contributed by atoms with Gasteiger partial charge in [-0.25, -0.2) is 4.98 Å². The van der Waals surface area contributed by atoms with Crippen molar-refractivity contribution in [1.29, 1.82) is 0 Å². The Labute approximate surface area is 116 Å². The van der Waals surface area contributed by atoms with E-state index in [-0.39, 0.29) is 0 Å². The molecule has 0 unspecified atom stereocenters. The van der Waals surface area contributed by atoms with Crippen molar-refractivity contribution in [1.82, 2.24) is 10.3 Å². The maximum Gasteiger partial charge on any atom is 0.213 e. The summed E-state index contributed by atoms with van der Waals surface area (Å²) in [5.41, 5.74) is 2.32. The number of aryl methyl sites for hydroxylation is 1. The number of pyridine rings is 1. The first kappa shape index (κ1) is 14.3. The van der Waals surface area contributed by atoms with Crippen molar-refractivity contribution >= 4 is 0 Å². The Morgan fingerprint density at radius 1 is 1.26 bits per heavy atom. The van der Waals surface area contributed by atoms with Crippen LogP contribution < -0.4 is 10.1 Å². The van der Waals surface area contributed by atoms with Crippen LogP contribution in [0.4, 0.5) is 0 Å². The zero-order valence-corrected chi connectivity index (χ0v) is 12.2. The number of hydrogen-bond donors (Lipinski definition) is 1. The third-order valence-electron chi connectivity index (χ3n) is 3.41. The molecule has 0 saturated heterocycles. The molecule has 2 rings (SSSR count). The first-order valence-electron chi connectivity index (χ1n) is 7.61. The van der Waals surface area contributed by atoms with Crippen LogP contribution in [0.15, 0.2) is 12.1 Å². The number of aromatic nitrogens is 1. The summed E-state index contributed by atoms with van der Waals surface area (Å²) in [7, 11) is 0. The highest BCUT2D eigenvalue weighted by molar-refractivity contribution is 5.24. The van der Waals surface area contributed by atoms with Crippen molar-refractivity contribution in [3.05, 3.63) is 23.4 Å². The van der Waals surface area contributed by atoms with Gasteiger partial charge in [0.1, 0.15) is 0 Å². The third kappa shape index (κ3) is 5.60. The van der Waals surface area contributed by atoms with E-state index < -0.39 is 0 Å². The Hall–Kier alpha value is -1.09. The van der Waals surface area contributed by atoms with E-state index >= 15 is 0 Å². The molecule has 19 heavy (non-hydrogen) atoms. The number of nitrogens with zero attached hydrogens (tertiary/aromatic N) is 1. The van der Waals surface area contributed by atoms with Gasteiger partial charge in [0.05, 0.1) is 6.61 Å². The number of rotatable bonds is 9. The molecule has 0 radical (unpaired) electrons. The van der Waals surface area contributed by atoms with Crippen LogP contribution in [-0.4, -0.2) is 17.6 Å². The van der Waals surface area contributed by atoms with Gasteiger partial charge in [0.15, 0.2) is 0 Å². The zero-order valence-electron chi connectivity index (χ0n) is 12.2. The Bertz CT molecular complexity index is 388. The van der Waals surface area contributed by atoms with Gasteiger partial charge in [0, 0.05) is 24.3 Å². The Balaban J connectivity index is 1.77. The van der Waals surface area contributed by atoms with E-state index in [1.165, 1.54) is 37.7 Å². The van der Waals surface area contributed by atoms with E-state index in [1.807, 2.05) is 6.92 Å². The second-order valence-corrected chi connectivity index (χ2v) is 5.52. The summed E-state index contributed by atoms with van der Waals surface area (Å²) in [6.07, 6.45) is 7.58. The highest BCUT2D eigenvalue weighted by atomic mass is 16.5. The molecular formula is C16H26N2O. The van der Waals surface area contributed by atoms with Crippen molar-refractivity contribution in [2.24, 2.45) is 0 Å². The SMILES string of the molecule is CCCCCCOc1cc(CNC2CC2)cc(C)n1. The van der Waals surface area contributed by atoms with E-state index in [4.69, 9.17) is 4.74 Å². The average Bonchev–Trinajstić information content (AvgIpc) is 3.20. The average molecular weight is 262 g/mol. The van der Waals surface area contributed by atoms with Crippen LogP contribution in [0.3, 0.4) is 0 Å². The number of nitrogens with one attached hydrogen (secondary N) is 1. The Morgan fingerprint density at radius 2 is 2.11 bits per heavy atom. The summed E-state index contributed by atoms with van der Waals surface area (Å²) >= 11 is 0. The maximum atomic E-state index is 5.76. The molecular weight excluding hydrogens is 236 g/mol. The van der Waals surface area contributed by atoms with Gasteiger partial charge in [-0.15, -0.1) is 0 Å². The first-order valence-corrected chi connectivity index (χ1v) is 7.61. The molecule has 1 aliphatic carbocycles. The Kier molecular flexibility index (Phi) is 5.64. The fourth-order valence-corrected chi connectivity index (χ4v) is 2.14. The van der Waals surface area contributed by atoms with Crippen molar-refractivity contribution in [2.75, 3.05) is 6.61 Å². The summed E-state index contributed by atoms with van der Waals surface area (Å²) in [5, 5.41) is 3.53. The minimum atomic E-state index is 0.742. The predicted molar refractivity (Wildman–Crippen MR) is 78.5 cm³/mol. The molecule has 1 fully saturated rings. The molecule has 0 bridgehead atoms. The van der Waals surface area contributed by atoms with E-state index in [0.29, 0.717) is 0 Å². The van der Waals surface area contributed by atoms with Crippen LogP contribution in [-0.2, 0) is 6.54 Å². The van der Waals surface area contributed by atoms with Gasteiger partial charge in [-0.2, -0.15) is 0 Å². The lowest BCUT2D eigenvalue weighted by molar-refractivity contribution is 0.293. The second-order valence-electron chi connectivity index (χ2n) is 5.52. The third-order valence-corrected chi connectivity index (χ3v) is 3.41. The molecule has 106 valence electrons. The maximum absolute atomic E-state index is 5.76. The monoisotopic (exact) mass is 262 g/mol. The van der Waals surface area contributed by atoms with Gasteiger partial charge in [0.2, 0.25) is 5.88 Å². The lowest BCUT2D eigenvalue weighted by Gasteiger charge is -2.09. The summed E-state index contributed by atoms with van der Waals surface area (Å²) in [5.74, 6) is 0.782. The Morgan fingerprint density at radius 3 is 2.84 bits per heavy atom. The molecule has 3 nitrogen and oxygen atoms in total. The van der Waals surface area contributed by atoms with Crippen LogP contribution >= 0.6 is 0 Å². The topological polar surface area (TPSA) is 34.1 Å². The standard InChI is InChI=1S/C16H26N2O/c1-3-4-5-6-9-19-16-11-14(10-13(2)18-16)12-17-15-7-8-15/h10-11,15,17H,3-9,12H2,1-2H3. The molecule has 1 saturated carbocycles. The van der Waals surface area contributed by atoms with Crippen LogP contribution in [0, 0.1) is 6.92 Å². The summed E-state index contributed by atoms with van der Waals surface area (Å²) < 4.78 is 5.76. The summed E-state index contributed by atoms with van der Waals surface area (Å²) in [6, 6.07) is 4.95. The quantitative estimate of drug-likeness (QED) is 0.690. The number of unbranched alkanes of at least 4 members (excludes halogenated alkanes) is 3. The predicted octanol–water partition coefficient (Wildman–Crippen LogP) is 3.60. The molecule has 0 atom stereocenters. The van der Waals surface area contributed by atoms with Gasteiger partial charge in [-0.05, 0) is 37.8 Å². The van der Waals surface area contributed by atoms with Crippen molar-refractivity contribution in [3.8, 4) is 5.88 Å². The highest BCUT2D eigenvalue weighted by Gasteiger charge is 2.20. The lowest BCUT2D eigenvalue weighted by atomic mass is 10.2. The molecule has 0 spiro atoms. The van der Waals surface area contributed by atoms with Crippen LogP contribution in [0.2, 0.25) is 0 Å². The van der Waals surface area contributed by atoms with Gasteiger partial charge >= 0.3 is 0 Å². The number of ether oxygens (including phenoxy) is 1. The van der Waals surface area contributed by atoms with Crippen molar-refractivity contribution < 1.29 is 4.74 Å². The highest BCUT2D eigenvalue weighted by Crippen LogP contribution is 2.20. The lowest BCUT2D eigenvalue weighted by Crippen LogP contribution is -2.15. The molecule has 0 amide bonds. The second kappa shape index (κ2) is 7.49. The fourth-order valence-electron chi connectivity index (χ4n) is 2.14. The minimum absolute atomic E-state index is 0.742. The van der Waals surface area contributed by atoms with Crippen molar-refractivity contribution in [3.63, 3.8) is 0 Å². The minimum Gasteiger partial charge on any atom is -0.478 e. The molecule has 1 aromatic heterocycles. The van der Waals surface area contributed by atoms with Crippen LogP contribution in [0.25, 0.3) is 0 Å².